The van der Waals surface area contributed by atoms with Crippen LogP contribution in [0.25, 0.3) is 10.9 Å². The van der Waals surface area contributed by atoms with Crippen molar-refractivity contribution in [2.75, 3.05) is 12.3 Å². The van der Waals surface area contributed by atoms with E-state index in [1.54, 1.807) is 6.92 Å². The highest BCUT2D eigenvalue weighted by Crippen LogP contribution is 2.37. The second-order valence-electron chi connectivity index (χ2n) is 6.69. The number of aromatic nitrogens is 2. The van der Waals surface area contributed by atoms with E-state index in [0.717, 1.165) is 24.3 Å². The Kier molecular flexibility index (Phi) is 6.15. The summed E-state index contributed by atoms with van der Waals surface area (Å²) in [6, 6.07) is 4.59. The molecule has 3 N–H and O–H groups in total. The number of carbonyl (C=O) groups is 1. The standard InChI is InChI=1S/C20H16F6N4O2/c1-2-7-28-17(31)16-12-5-3-10(19(21,22)23)8-15(12)29-18(30-16)32-11-4-6-14(27)13(9-11)20(24,25)26/h3-6,8-9H,2,7,27H2,1H3,(H,28,31). The molecule has 170 valence electrons. The smallest absolute Gasteiger partial charge is 0.418 e. The molecule has 0 aliphatic rings. The van der Waals surface area contributed by atoms with Crippen LogP contribution in [0.1, 0.15) is 35.0 Å². The van der Waals surface area contributed by atoms with Gasteiger partial charge in [0.15, 0.2) is 0 Å². The maximum Gasteiger partial charge on any atom is 0.418 e. The van der Waals surface area contributed by atoms with Gasteiger partial charge < -0.3 is 15.8 Å². The summed E-state index contributed by atoms with van der Waals surface area (Å²) in [4.78, 5) is 20.3. The van der Waals surface area contributed by atoms with E-state index in [4.69, 9.17) is 10.5 Å². The van der Waals surface area contributed by atoms with Gasteiger partial charge in [0.05, 0.1) is 16.6 Å². The highest BCUT2D eigenvalue weighted by atomic mass is 19.4. The number of nitrogens with one attached hydrogen (secondary N) is 1. The molecule has 0 unspecified atom stereocenters. The first-order valence-corrected chi connectivity index (χ1v) is 9.22. The van der Waals surface area contributed by atoms with Crippen LogP contribution in [0.3, 0.4) is 0 Å². The number of nitrogens with two attached hydrogens (primary N) is 1. The summed E-state index contributed by atoms with van der Waals surface area (Å²) < 4.78 is 83.9. The second kappa shape index (κ2) is 8.52. The van der Waals surface area contributed by atoms with Crippen molar-refractivity contribution in [3.63, 3.8) is 0 Å². The number of anilines is 1. The van der Waals surface area contributed by atoms with Gasteiger partial charge in [-0.3, -0.25) is 4.79 Å². The number of amides is 1. The number of alkyl halides is 6. The minimum atomic E-state index is -4.76. The number of fused-ring (bicyclic) bond motifs is 1. The van der Waals surface area contributed by atoms with Crippen molar-refractivity contribution in [1.82, 2.24) is 15.3 Å². The molecule has 3 rings (SSSR count). The third kappa shape index (κ3) is 5.01. The lowest BCUT2D eigenvalue weighted by Crippen LogP contribution is -2.25. The van der Waals surface area contributed by atoms with E-state index in [9.17, 15) is 31.1 Å². The van der Waals surface area contributed by atoms with Crippen LogP contribution >= 0.6 is 0 Å². The van der Waals surface area contributed by atoms with Crippen LogP contribution in [-0.4, -0.2) is 22.4 Å². The Balaban J connectivity index is 2.11. The van der Waals surface area contributed by atoms with Crippen molar-refractivity contribution in [3.8, 4) is 11.8 Å². The van der Waals surface area contributed by atoms with E-state index in [0.29, 0.717) is 18.6 Å². The molecule has 0 aliphatic carbocycles. The quantitative estimate of drug-likeness (QED) is 0.406. The SMILES string of the molecule is CCCNC(=O)c1nc(Oc2ccc(N)c(C(F)(F)F)c2)nc2cc(C(F)(F)F)ccc12. The van der Waals surface area contributed by atoms with Crippen LogP contribution in [0.2, 0.25) is 0 Å². The molecule has 0 atom stereocenters. The maximum absolute atomic E-state index is 13.1. The summed E-state index contributed by atoms with van der Waals surface area (Å²) in [6.07, 6.45) is -8.86. The molecule has 0 aliphatic heterocycles. The Morgan fingerprint density at radius 3 is 2.38 bits per heavy atom. The van der Waals surface area contributed by atoms with Crippen LogP contribution < -0.4 is 15.8 Å². The van der Waals surface area contributed by atoms with Gasteiger partial charge in [-0.25, -0.2) is 0 Å². The number of hydrogen-bond acceptors (Lipinski definition) is 5. The Morgan fingerprint density at radius 2 is 1.75 bits per heavy atom. The summed E-state index contributed by atoms with van der Waals surface area (Å²) in [6.45, 7) is 2.07. The molecule has 0 fully saturated rings. The summed E-state index contributed by atoms with van der Waals surface area (Å²) in [7, 11) is 0. The van der Waals surface area contributed by atoms with Gasteiger partial charge in [-0.1, -0.05) is 6.92 Å². The van der Waals surface area contributed by atoms with Crippen LogP contribution in [0.5, 0.6) is 11.8 Å². The van der Waals surface area contributed by atoms with E-state index in [1.165, 1.54) is 0 Å². The fourth-order valence-corrected chi connectivity index (χ4v) is 2.78. The van der Waals surface area contributed by atoms with E-state index < -0.39 is 41.1 Å². The van der Waals surface area contributed by atoms with Crippen molar-refractivity contribution in [3.05, 3.63) is 53.2 Å². The highest BCUT2D eigenvalue weighted by Gasteiger charge is 2.34. The van der Waals surface area contributed by atoms with Crippen molar-refractivity contribution < 1.29 is 35.9 Å². The summed E-state index contributed by atoms with van der Waals surface area (Å²) in [5.74, 6) is -1.06. The Bertz CT molecular complexity index is 1160. The number of rotatable bonds is 5. The molecule has 32 heavy (non-hydrogen) atoms. The molecule has 0 radical (unpaired) electrons. The fourth-order valence-electron chi connectivity index (χ4n) is 2.78. The van der Waals surface area contributed by atoms with Crippen molar-refractivity contribution in [2.45, 2.75) is 25.7 Å². The zero-order valence-electron chi connectivity index (χ0n) is 16.4. The second-order valence-corrected chi connectivity index (χ2v) is 6.69. The first-order valence-electron chi connectivity index (χ1n) is 9.22. The first kappa shape index (κ1) is 23.1. The lowest BCUT2D eigenvalue weighted by Gasteiger charge is -2.13. The number of halogens is 6. The van der Waals surface area contributed by atoms with Crippen LogP contribution in [-0.2, 0) is 12.4 Å². The zero-order valence-corrected chi connectivity index (χ0v) is 16.4. The number of benzene rings is 2. The van der Waals surface area contributed by atoms with E-state index in [-0.39, 0.29) is 28.9 Å². The summed E-state index contributed by atoms with van der Waals surface area (Å²) in [5, 5.41) is 2.56. The number of nitrogens with zero attached hydrogens (tertiary/aromatic N) is 2. The van der Waals surface area contributed by atoms with Crippen molar-refractivity contribution in [2.24, 2.45) is 0 Å². The molecule has 1 amide bonds. The molecule has 0 saturated carbocycles. The lowest BCUT2D eigenvalue weighted by molar-refractivity contribution is -0.138. The fraction of sp³-hybridized carbons (Fsp3) is 0.250. The molecule has 1 aromatic heterocycles. The Labute approximate surface area is 177 Å². The molecular formula is C20H16F6N4O2. The molecule has 3 aromatic rings. The molecule has 2 aromatic carbocycles. The van der Waals surface area contributed by atoms with E-state index >= 15 is 0 Å². The highest BCUT2D eigenvalue weighted by molar-refractivity contribution is 6.04. The third-order valence-corrected chi connectivity index (χ3v) is 4.29. The van der Waals surface area contributed by atoms with Crippen LogP contribution in [0.15, 0.2) is 36.4 Å². The van der Waals surface area contributed by atoms with Gasteiger partial charge in [0, 0.05) is 17.6 Å². The predicted molar refractivity (Wildman–Crippen MR) is 103 cm³/mol. The molecule has 6 nitrogen and oxygen atoms in total. The minimum Gasteiger partial charge on any atom is -0.424 e. The van der Waals surface area contributed by atoms with Crippen LogP contribution in [0.4, 0.5) is 32.0 Å². The maximum atomic E-state index is 13.1. The zero-order chi connectivity index (χ0) is 23.7. The minimum absolute atomic E-state index is 0.0206. The molecule has 12 heteroatoms. The number of nitrogen functional groups attached to an aromatic ring is 1. The lowest BCUT2D eigenvalue weighted by atomic mass is 10.1. The molecule has 1 heterocycles. The normalized spacial score (nSPS) is 12.1. The topological polar surface area (TPSA) is 90.1 Å². The van der Waals surface area contributed by atoms with Gasteiger partial charge >= 0.3 is 18.4 Å². The average molecular weight is 458 g/mol. The predicted octanol–water partition coefficient (Wildman–Crippen LogP) is 5.18. The largest absolute Gasteiger partial charge is 0.424 e. The van der Waals surface area contributed by atoms with Crippen molar-refractivity contribution >= 4 is 22.5 Å². The summed E-state index contributed by atoms with van der Waals surface area (Å²) >= 11 is 0. The Hall–Kier alpha value is -3.57. The Morgan fingerprint density at radius 1 is 1.03 bits per heavy atom. The molecule has 0 spiro atoms. The van der Waals surface area contributed by atoms with Gasteiger partial charge in [0.1, 0.15) is 11.4 Å². The van der Waals surface area contributed by atoms with Gasteiger partial charge in [0.2, 0.25) is 0 Å². The number of carbonyl (C=O) groups excluding carboxylic acids is 1. The molecule has 0 bridgehead atoms. The van der Waals surface area contributed by atoms with E-state index in [2.05, 4.69) is 15.3 Å². The average Bonchev–Trinajstić information content (AvgIpc) is 2.70. The summed E-state index contributed by atoms with van der Waals surface area (Å²) in [5.41, 5.74) is 2.06. The van der Waals surface area contributed by atoms with Crippen molar-refractivity contribution in [1.29, 1.82) is 0 Å². The number of ether oxygens (including phenoxy) is 1. The molecular weight excluding hydrogens is 442 g/mol. The molecule has 0 saturated heterocycles. The third-order valence-electron chi connectivity index (χ3n) is 4.29. The van der Waals surface area contributed by atoms with Crippen LogP contribution in [0, 0.1) is 0 Å². The van der Waals surface area contributed by atoms with E-state index in [1.807, 2.05) is 0 Å². The monoisotopic (exact) mass is 458 g/mol. The number of hydrogen-bond donors (Lipinski definition) is 2. The van der Waals surface area contributed by atoms with Gasteiger partial charge in [-0.15, -0.1) is 0 Å². The van der Waals surface area contributed by atoms with Gasteiger partial charge in [-0.2, -0.15) is 36.3 Å². The van der Waals surface area contributed by atoms with Gasteiger partial charge in [-0.05, 0) is 42.8 Å². The first-order chi connectivity index (χ1) is 14.9. The van der Waals surface area contributed by atoms with Gasteiger partial charge in [0.25, 0.3) is 5.91 Å².